The minimum absolute atomic E-state index is 1.05. The molecule has 1 aliphatic carbocycles. The lowest BCUT2D eigenvalue weighted by atomic mass is 9.92. The van der Waals surface area contributed by atoms with Crippen LogP contribution >= 0.6 is 0 Å². The van der Waals surface area contributed by atoms with E-state index in [4.69, 9.17) is 4.98 Å². The van der Waals surface area contributed by atoms with Crippen LogP contribution in [0.5, 0.6) is 0 Å². The zero-order valence-electron chi connectivity index (χ0n) is 16.5. The molecule has 6 rings (SSSR count). The zero-order valence-corrected chi connectivity index (χ0v) is 16.5. The van der Waals surface area contributed by atoms with Gasteiger partial charge < -0.3 is 4.98 Å². The largest absolute Gasteiger partial charge is 0.353 e. The number of aryl methyl sites for hydroxylation is 2. The summed E-state index contributed by atoms with van der Waals surface area (Å²) in [5.74, 6) is 0. The number of nitrogens with zero attached hydrogens (tertiary/aromatic N) is 1. The summed E-state index contributed by atoms with van der Waals surface area (Å²) in [6.07, 6.45) is 3.27. The Hall–Kier alpha value is -3.39. The highest BCUT2D eigenvalue weighted by Crippen LogP contribution is 2.42. The van der Waals surface area contributed by atoms with E-state index in [0.717, 1.165) is 30.5 Å². The van der Waals surface area contributed by atoms with Gasteiger partial charge in [-0.3, -0.25) is 0 Å². The number of aromatic nitrogens is 2. The van der Waals surface area contributed by atoms with Crippen LogP contribution in [-0.4, -0.2) is 9.97 Å². The van der Waals surface area contributed by atoms with Gasteiger partial charge >= 0.3 is 0 Å². The summed E-state index contributed by atoms with van der Waals surface area (Å²) in [5.41, 5.74) is 11.4. The van der Waals surface area contributed by atoms with E-state index in [1.807, 2.05) is 0 Å². The van der Waals surface area contributed by atoms with Crippen LogP contribution in [0.25, 0.3) is 44.3 Å². The highest BCUT2D eigenvalue weighted by atomic mass is 14.8. The molecule has 1 aliphatic rings. The minimum Gasteiger partial charge on any atom is -0.353 e. The molecule has 2 heteroatoms. The lowest BCUT2D eigenvalue weighted by molar-refractivity contribution is 0.839. The number of H-pyrrole nitrogens is 1. The molecule has 0 fully saturated rings. The number of para-hydroxylation sites is 2. The molecule has 0 saturated carbocycles. The summed E-state index contributed by atoms with van der Waals surface area (Å²) >= 11 is 0. The molecule has 140 valence electrons. The molecule has 0 saturated heterocycles. The van der Waals surface area contributed by atoms with Crippen molar-refractivity contribution in [2.45, 2.75) is 26.2 Å². The molecular formula is C27H22N2. The maximum absolute atomic E-state index is 5.20. The molecule has 0 unspecified atom stereocenters. The average Bonchev–Trinajstić information content (AvgIpc) is 3.04. The summed E-state index contributed by atoms with van der Waals surface area (Å²) in [5, 5.41) is 2.59. The van der Waals surface area contributed by atoms with E-state index in [2.05, 4.69) is 84.7 Å². The summed E-state index contributed by atoms with van der Waals surface area (Å²) in [7, 11) is 0. The molecule has 0 aliphatic heterocycles. The topological polar surface area (TPSA) is 28.7 Å². The molecule has 5 aromatic rings. The first-order chi connectivity index (χ1) is 14.3. The summed E-state index contributed by atoms with van der Waals surface area (Å²) in [6.45, 7) is 2.18. The Labute approximate surface area is 170 Å². The zero-order chi connectivity index (χ0) is 19.4. The molecule has 0 bridgehead atoms. The highest BCUT2D eigenvalue weighted by molar-refractivity contribution is 6.01. The van der Waals surface area contributed by atoms with Crippen molar-refractivity contribution in [2.24, 2.45) is 0 Å². The average molecular weight is 374 g/mol. The Morgan fingerprint density at radius 2 is 1.52 bits per heavy atom. The van der Waals surface area contributed by atoms with Gasteiger partial charge in [0.1, 0.15) is 0 Å². The van der Waals surface area contributed by atoms with Gasteiger partial charge in [-0.15, -0.1) is 0 Å². The van der Waals surface area contributed by atoms with E-state index in [1.54, 1.807) is 0 Å². The fourth-order valence-electron chi connectivity index (χ4n) is 4.96. The van der Waals surface area contributed by atoms with Crippen molar-refractivity contribution in [3.63, 3.8) is 0 Å². The van der Waals surface area contributed by atoms with Gasteiger partial charge in [-0.1, -0.05) is 66.7 Å². The van der Waals surface area contributed by atoms with Gasteiger partial charge in [0.25, 0.3) is 0 Å². The Morgan fingerprint density at radius 1 is 0.759 bits per heavy atom. The number of hydrogen-bond acceptors (Lipinski definition) is 1. The molecule has 2 heterocycles. The van der Waals surface area contributed by atoms with Crippen LogP contribution in [0.3, 0.4) is 0 Å². The SMILES string of the molecule is Cc1cccc2c3c([nH]c12)-c1nc2ccccc2c(-c2ccccc2)c1CCC3. The first-order valence-corrected chi connectivity index (χ1v) is 10.4. The van der Waals surface area contributed by atoms with E-state index < -0.39 is 0 Å². The third-order valence-corrected chi connectivity index (χ3v) is 6.30. The highest BCUT2D eigenvalue weighted by Gasteiger charge is 2.24. The summed E-state index contributed by atoms with van der Waals surface area (Å²) in [6, 6.07) is 26.0. The third-order valence-electron chi connectivity index (χ3n) is 6.30. The number of rotatable bonds is 1. The second-order valence-corrected chi connectivity index (χ2v) is 8.03. The molecule has 1 N–H and O–H groups in total. The van der Waals surface area contributed by atoms with Gasteiger partial charge in [-0.05, 0) is 60.1 Å². The first-order valence-electron chi connectivity index (χ1n) is 10.4. The van der Waals surface area contributed by atoms with Gasteiger partial charge in [0.15, 0.2) is 0 Å². The van der Waals surface area contributed by atoms with Crippen molar-refractivity contribution >= 4 is 21.8 Å². The van der Waals surface area contributed by atoms with Gasteiger partial charge in [0.05, 0.1) is 16.9 Å². The molecule has 0 spiro atoms. The van der Waals surface area contributed by atoms with E-state index in [-0.39, 0.29) is 0 Å². The molecule has 0 atom stereocenters. The van der Waals surface area contributed by atoms with Crippen molar-refractivity contribution in [2.75, 3.05) is 0 Å². The van der Waals surface area contributed by atoms with E-state index >= 15 is 0 Å². The predicted molar refractivity (Wildman–Crippen MR) is 121 cm³/mol. The molecule has 2 nitrogen and oxygen atoms in total. The van der Waals surface area contributed by atoms with Crippen LogP contribution in [0, 0.1) is 6.92 Å². The lowest BCUT2D eigenvalue weighted by Gasteiger charge is -2.16. The van der Waals surface area contributed by atoms with Crippen LogP contribution in [0.15, 0.2) is 72.8 Å². The Morgan fingerprint density at radius 3 is 2.41 bits per heavy atom. The number of pyridine rings is 1. The molecule has 2 aromatic heterocycles. The van der Waals surface area contributed by atoms with Crippen molar-refractivity contribution in [1.82, 2.24) is 9.97 Å². The third kappa shape index (κ3) is 2.45. The van der Waals surface area contributed by atoms with Crippen molar-refractivity contribution in [1.29, 1.82) is 0 Å². The van der Waals surface area contributed by atoms with Crippen LogP contribution in [0.4, 0.5) is 0 Å². The molecule has 0 amide bonds. The second-order valence-electron chi connectivity index (χ2n) is 8.03. The fourth-order valence-corrected chi connectivity index (χ4v) is 4.96. The van der Waals surface area contributed by atoms with Crippen molar-refractivity contribution in [3.05, 3.63) is 89.5 Å². The Bertz CT molecular complexity index is 1380. The van der Waals surface area contributed by atoms with Crippen molar-refractivity contribution in [3.8, 4) is 22.5 Å². The molecular weight excluding hydrogens is 352 g/mol. The standard InChI is InChI=1S/C27H22N2/c1-17-9-7-13-19-20-14-8-15-22-24(18-10-3-2-4-11-18)21-12-5-6-16-23(21)28-27(22)26(20)29-25(17)19/h2-7,9-13,16,29H,8,14-15H2,1H3. The predicted octanol–water partition coefficient (Wildman–Crippen LogP) is 6.85. The minimum atomic E-state index is 1.05. The van der Waals surface area contributed by atoms with Gasteiger partial charge in [0.2, 0.25) is 0 Å². The Kier molecular flexibility index (Phi) is 3.60. The number of hydrogen-bond donors (Lipinski definition) is 1. The molecule has 29 heavy (non-hydrogen) atoms. The quantitative estimate of drug-likeness (QED) is 0.341. The number of nitrogens with one attached hydrogen (secondary N) is 1. The molecule has 0 radical (unpaired) electrons. The van der Waals surface area contributed by atoms with E-state index in [0.29, 0.717) is 0 Å². The van der Waals surface area contributed by atoms with Gasteiger partial charge in [-0.25, -0.2) is 4.98 Å². The second kappa shape index (κ2) is 6.31. The van der Waals surface area contributed by atoms with Crippen LogP contribution in [0.2, 0.25) is 0 Å². The maximum Gasteiger partial charge on any atom is 0.0913 e. The lowest BCUT2D eigenvalue weighted by Crippen LogP contribution is -1.98. The van der Waals surface area contributed by atoms with Gasteiger partial charge in [0, 0.05) is 16.3 Å². The summed E-state index contributed by atoms with van der Waals surface area (Å²) in [4.78, 5) is 8.96. The first kappa shape index (κ1) is 16.6. The smallest absolute Gasteiger partial charge is 0.0913 e. The monoisotopic (exact) mass is 374 g/mol. The van der Waals surface area contributed by atoms with Gasteiger partial charge in [-0.2, -0.15) is 0 Å². The number of benzene rings is 3. The number of aromatic amines is 1. The number of fused-ring (bicyclic) bond motifs is 6. The Balaban J connectivity index is 1.76. The van der Waals surface area contributed by atoms with Crippen molar-refractivity contribution < 1.29 is 0 Å². The fraction of sp³-hybridized carbons (Fsp3) is 0.148. The summed E-state index contributed by atoms with van der Waals surface area (Å²) < 4.78 is 0. The van der Waals surface area contributed by atoms with E-state index in [1.165, 1.54) is 49.8 Å². The normalized spacial score (nSPS) is 13.3. The maximum atomic E-state index is 5.20. The van der Waals surface area contributed by atoms with E-state index in [9.17, 15) is 0 Å². The van der Waals surface area contributed by atoms with Crippen LogP contribution < -0.4 is 0 Å². The molecule has 3 aromatic carbocycles. The van der Waals surface area contributed by atoms with Crippen LogP contribution in [-0.2, 0) is 12.8 Å². The van der Waals surface area contributed by atoms with Crippen LogP contribution in [0.1, 0.15) is 23.1 Å².